The first-order valence-corrected chi connectivity index (χ1v) is 12.2. The molecule has 0 bridgehead atoms. The molecule has 7 rings (SSSR count). The van der Waals surface area contributed by atoms with Crippen LogP contribution in [0.25, 0.3) is 5.69 Å². The quantitative estimate of drug-likeness (QED) is 0.566. The fourth-order valence-corrected chi connectivity index (χ4v) is 6.26. The molecule has 2 saturated carbocycles. The highest BCUT2D eigenvalue weighted by atomic mass is 35.5. The van der Waals surface area contributed by atoms with E-state index in [1.165, 1.54) is 30.3 Å². The summed E-state index contributed by atoms with van der Waals surface area (Å²) in [7, 11) is 0. The highest BCUT2D eigenvalue weighted by Crippen LogP contribution is 2.56. The molecule has 0 amide bonds. The van der Waals surface area contributed by atoms with Crippen molar-refractivity contribution < 1.29 is 4.39 Å². The normalized spacial score (nSPS) is 21.8. The van der Waals surface area contributed by atoms with E-state index < -0.39 is 0 Å². The Bertz CT molecular complexity index is 1250. The van der Waals surface area contributed by atoms with E-state index in [1.54, 1.807) is 6.92 Å². The molecule has 0 unspecified atom stereocenters. The molecule has 0 atom stereocenters. The van der Waals surface area contributed by atoms with Gasteiger partial charge in [-0.05, 0) is 68.0 Å². The van der Waals surface area contributed by atoms with Crippen molar-refractivity contribution in [1.82, 2.24) is 24.6 Å². The summed E-state index contributed by atoms with van der Waals surface area (Å²) in [5, 5.41) is 10.1. The molecule has 0 radical (unpaired) electrons. The van der Waals surface area contributed by atoms with Gasteiger partial charge in [0.2, 0.25) is 0 Å². The molecule has 1 spiro atoms. The van der Waals surface area contributed by atoms with E-state index in [9.17, 15) is 4.39 Å². The number of nitrogens with zero attached hydrogens (tertiary/aromatic N) is 6. The van der Waals surface area contributed by atoms with E-state index in [0.717, 1.165) is 61.5 Å². The Morgan fingerprint density at radius 1 is 1.09 bits per heavy atom. The summed E-state index contributed by atoms with van der Waals surface area (Å²) in [5.41, 5.74) is 3.40. The predicted octanol–water partition coefficient (Wildman–Crippen LogP) is 4.63. The van der Waals surface area contributed by atoms with Gasteiger partial charge >= 0.3 is 0 Å². The Labute approximate surface area is 197 Å². The van der Waals surface area contributed by atoms with Gasteiger partial charge in [-0.1, -0.05) is 11.6 Å². The van der Waals surface area contributed by atoms with Crippen LogP contribution in [0.15, 0.2) is 30.5 Å². The van der Waals surface area contributed by atoms with Crippen LogP contribution in [0.3, 0.4) is 0 Å². The lowest BCUT2D eigenvalue weighted by Gasteiger charge is -2.59. The lowest BCUT2D eigenvalue weighted by atomic mass is 9.57. The second-order valence-electron chi connectivity index (χ2n) is 10.5. The van der Waals surface area contributed by atoms with Crippen molar-refractivity contribution in [1.29, 1.82) is 0 Å². The van der Waals surface area contributed by atoms with Gasteiger partial charge in [0.05, 0.1) is 18.4 Å². The SMILES string of the molecule is Cc1cc(N2CC3(CC(c4nnc5n4-c4ccc(Cl)cc4CN(C4CC4)C5)C3)C2)ncc1F. The first kappa shape index (κ1) is 19.9. The summed E-state index contributed by atoms with van der Waals surface area (Å²) in [6.07, 6.45) is 6.08. The average Bonchev–Trinajstić information content (AvgIpc) is 3.52. The second kappa shape index (κ2) is 7.00. The van der Waals surface area contributed by atoms with Crippen LogP contribution in [0.2, 0.25) is 5.02 Å². The monoisotopic (exact) mass is 464 g/mol. The minimum absolute atomic E-state index is 0.244. The summed E-state index contributed by atoms with van der Waals surface area (Å²) in [6, 6.07) is 8.72. The van der Waals surface area contributed by atoms with Crippen LogP contribution < -0.4 is 4.90 Å². The third-order valence-electron chi connectivity index (χ3n) is 7.95. The molecule has 1 aromatic carbocycles. The molecule has 2 aromatic heterocycles. The molecular formula is C25H26ClFN6. The molecule has 8 heteroatoms. The average molecular weight is 465 g/mol. The molecular weight excluding hydrogens is 439 g/mol. The minimum Gasteiger partial charge on any atom is -0.355 e. The number of halogens is 2. The van der Waals surface area contributed by atoms with E-state index in [-0.39, 0.29) is 5.82 Å². The van der Waals surface area contributed by atoms with E-state index in [1.807, 2.05) is 12.1 Å². The summed E-state index contributed by atoms with van der Waals surface area (Å²) in [4.78, 5) is 9.08. The minimum atomic E-state index is -0.244. The third-order valence-corrected chi connectivity index (χ3v) is 8.19. The van der Waals surface area contributed by atoms with Crippen LogP contribution in [0, 0.1) is 18.2 Å². The first-order chi connectivity index (χ1) is 16.0. The Hall–Kier alpha value is -2.51. The van der Waals surface area contributed by atoms with Gasteiger partial charge in [-0.25, -0.2) is 9.37 Å². The van der Waals surface area contributed by atoms with Crippen molar-refractivity contribution in [2.24, 2.45) is 5.41 Å². The summed E-state index contributed by atoms with van der Waals surface area (Å²) >= 11 is 6.37. The van der Waals surface area contributed by atoms with Crippen molar-refractivity contribution in [2.75, 3.05) is 18.0 Å². The van der Waals surface area contributed by atoms with Crippen LogP contribution in [-0.2, 0) is 13.1 Å². The maximum absolute atomic E-state index is 13.6. The molecule has 3 fully saturated rings. The number of pyridine rings is 1. The van der Waals surface area contributed by atoms with Crippen molar-refractivity contribution >= 4 is 17.4 Å². The number of fused-ring (bicyclic) bond motifs is 3. The first-order valence-electron chi connectivity index (χ1n) is 11.8. The molecule has 3 aromatic rings. The number of hydrogen-bond donors (Lipinski definition) is 0. The third kappa shape index (κ3) is 3.20. The zero-order valence-corrected chi connectivity index (χ0v) is 19.4. The maximum Gasteiger partial charge on any atom is 0.151 e. The number of hydrogen-bond acceptors (Lipinski definition) is 5. The highest BCUT2D eigenvalue weighted by molar-refractivity contribution is 6.30. The molecule has 33 heavy (non-hydrogen) atoms. The van der Waals surface area contributed by atoms with Gasteiger partial charge in [0.1, 0.15) is 17.5 Å². The lowest BCUT2D eigenvalue weighted by molar-refractivity contribution is 0.0581. The molecule has 170 valence electrons. The van der Waals surface area contributed by atoms with Crippen molar-refractivity contribution in [2.45, 2.75) is 57.7 Å². The highest BCUT2D eigenvalue weighted by Gasteiger charge is 2.54. The number of aryl methyl sites for hydroxylation is 1. The fourth-order valence-electron chi connectivity index (χ4n) is 6.06. The van der Waals surface area contributed by atoms with Gasteiger partial charge < -0.3 is 4.90 Å². The van der Waals surface area contributed by atoms with Gasteiger partial charge in [-0.15, -0.1) is 10.2 Å². The Balaban J connectivity index is 1.13. The summed E-state index contributed by atoms with van der Waals surface area (Å²) in [5.74, 6) is 3.18. The van der Waals surface area contributed by atoms with Gasteiger partial charge in [-0.2, -0.15) is 0 Å². The molecule has 0 N–H and O–H groups in total. The van der Waals surface area contributed by atoms with Crippen molar-refractivity contribution in [3.63, 3.8) is 0 Å². The number of aromatic nitrogens is 4. The van der Waals surface area contributed by atoms with E-state index in [0.29, 0.717) is 22.9 Å². The zero-order valence-electron chi connectivity index (χ0n) is 18.6. The van der Waals surface area contributed by atoms with Crippen LogP contribution in [0.1, 0.15) is 54.4 Å². The van der Waals surface area contributed by atoms with Crippen LogP contribution in [-0.4, -0.2) is 43.8 Å². The molecule has 6 nitrogen and oxygen atoms in total. The van der Waals surface area contributed by atoms with Crippen molar-refractivity contribution in [3.8, 4) is 5.69 Å². The molecule has 2 aliphatic carbocycles. The Morgan fingerprint density at radius 3 is 2.67 bits per heavy atom. The predicted molar refractivity (Wildman–Crippen MR) is 124 cm³/mol. The van der Waals surface area contributed by atoms with E-state index >= 15 is 0 Å². The summed E-state index contributed by atoms with van der Waals surface area (Å²) in [6.45, 7) is 5.50. The standard InChI is InChI=1S/C25H26ClFN6/c1-15-6-22(28-10-20(15)27)32-13-25(14-32)8-17(9-25)24-30-29-23-12-31(19-3-4-19)11-16-7-18(26)2-5-21(16)33(23)24/h2,5-7,10,17,19H,3-4,8-9,11-14H2,1H3. The second-order valence-corrected chi connectivity index (χ2v) is 10.9. The van der Waals surface area contributed by atoms with Gasteiger partial charge in [0.25, 0.3) is 0 Å². The van der Waals surface area contributed by atoms with Crippen molar-refractivity contribution in [3.05, 3.63) is 64.1 Å². The topological polar surface area (TPSA) is 50.1 Å². The van der Waals surface area contributed by atoms with Crippen LogP contribution in [0.5, 0.6) is 0 Å². The largest absolute Gasteiger partial charge is 0.355 e. The summed E-state index contributed by atoms with van der Waals surface area (Å²) < 4.78 is 15.9. The molecule has 2 aliphatic heterocycles. The van der Waals surface area contributed by atoms with Gasteiger partial charge in [-0.3, -0.25) is 9.47 Å². The number of benzene rings is 1. The van der Waals surface area contributed by atoms with Crippen LogP contribution in [0.4, 0.5) is 10.2 Å². The zero-order chi connectivity index (χ0) is 22.3. The Kier molecular flexibility index (Phi) is 4.22. The fraction of sp³-hybridized carbons (Fsp3) is 0.480. The number of anilines is 1. The maximum atomic E-state index is 13.6. The van der Waals surface area contributed by atoms with E-state index in [2.05, 4.69) is 36.6 Å². The van der Waals surface area contributed by atoms with Crippen LogP contribution >= 0.6 is 11.6 Å². The smallest absolute Gasteiger partial charge is 0.151 e. The molecule has 4 aliphatic rings. The van der Waals surface area contributed by atoms with Gasteiger partial charge in [0.15, 0.2) is 5.82 Å². The van der Waals surface area contributed by atoms with Gasteiger partial charge in [0, 0.05) is 42.0 Å². The van der Waals surface area contributed by atoms with E-state index in [4.69, 9.17) is 16.7 Å². The molecule has 1 saturated heterocycles. The Morgan fingerprint density at radius 2 is 1.91 bits per heavy atom. The lowest BCUT2D eigenvalue weighted by Crippen LogP contribution is -2.62. The molecule has 4 heterocycles. The number of rotatable bonds is 3.